The van der Waals surface area contributed by atoms with Crippen LogP contribution >= 0.6 is 11.6 Å². The van der Waals surface area contributed by atoms with Crippen LogP contribution < -0.4 is 4.90 Å². The van der Waals surface area contributed by atoms with Crippen molar-refractivity contribution >= 4 is 40.2 Å². The van der Waals surface area contributed by atoms with E-state index in [4.69, 9.17) is 26.7 Å². The number of fused-ring (bicyclic) bond motifs is 1. The molecule has 0 saturated carbocycles. The molecule has 0 atom stereocenters. The SMILES string of the molecule is N#Cc1ccccc1N1CCN(C(=O)c2ccc3nc(-c4ccc(Cl)cc4)c(CCCCC(=O)O)nc3c2)CC1. The Morgan fingerprint density at radius 2 is 1.68 bits per heavy atom. The summed E-state index contributed by atoms with van der Waals surface area (Å²) in [5.41, 5.74) is 5.73. The third kappa shape index (κ3) is 6.05. The Morgan fingerprint density at radius 1 is 0.925 bits per heavy atom. The number of piperazine rings is 1. The number of aromatic nitrogens is 2. The van der Waals surface area contributed by atoms with E-state index in [1.165, 1.54) is 0 Å². The minimum absolute atomic E-state index is 0.0679. The number of hydrogen-bond donors (Lipinski definition) is 1. The molecule has 0 radical (unpaired) electrons. The third-order valence-electron chi connectivity index (χ3n) is 7.09. The lowest BCUT2D eigenvalue weighted by atomic mass is 10.0. The van der Waals surface area contributed by atoms with E-state index in [-0.39, 0.29) is 12.3 Å². The molecule has 1 aliphatic heterocycles. The molecule has 1 fully saturated rings. The number of amides is 1. The molecule has 1 N–H and O–H groups in total. The van der Waals surface area contributed by atoms with Gasteiger partial charge in [0.25, 0.3) is 5.91 Å². The molecule has 0 aliphatic carbocycles. The molecule has 4 aromatic rings. The van der Waals surface area contributed by atoms with Crippen LogP contribution in [0.4, 0.5) is 5.69 Å². The Kier molecular flexibility index (Phi) is 8.23. The van der Waals surface area contributed by atoms with E-state index >= 15 is 0 Å². The summed E-state index contributed by atoms with van der Waals surface area (Å²) in [4.78, 5) is 38.1. The topological polar surface area (TPSA) is 110 Å². The number of hydrogen-bond acceptors (Lipinski definition) is 6. The van der Waals surface area contributed by atoms with Crippen molar-refractivity contribution in [2.45, 2.75) is 25.7 Å². The lowest BCUT2D eigenvalue weighted by Crippen LogP contribution is -2.49. The molecule has 0 unspecified atom stereocenters. The van der Waals surface area contributed by atoms with Gasteiger partial charge in [-0.05, 0) is 61.7 Å². The van der Waals surface area contributed by atoms with Gasteiger partial charge in [-0.3, -0.25) is 9.59 Å². The highest BCUT2D eigenvalue weighted by Crippen LogP contribution is 2.27. The number of carboxylic acids is 1. The second-order valence-electron chi connectivity index (χ2n) is 9.74. The summed E-state index contributed by atoms with van der Waals surface area (Å²) >= 11 is 6.09. The maximum Gasteiger partial charge on any atom is 0.303 e. The van der Waals surface area contributed by atoms with E-state index in [1.54, 1.807) is 24.3 Å². The van der Waals surface area contributed by atoms with Crippen molar-refractivity contribution in [3.63, 3.8) is 0 Å². The van der Waals surface area contributed by atoms with Crippen molar-refractivity contribution in [2.75, 3.05) is 31.1 Å². The average molecular weight is 554 g/mol. The number of halogens is 1. The minimum Gasteiger partial charge on any atom is -0.481 e. The highest BCUT2D eigenvalue weighted by molar-refractivity contribution is 6.30. The summed E-state index contributed by atoms with van der Waals surface area (Å²) in [5, 5.41) is 19.1. The highest BCUT2D eigenvalue weighted by atomic mass is 35.5. The number of carbonyl (C=O) groups is 2. The largest absolute Gasteiger partial charge is 0.481 e. The van der Waals surface area contributed by atoms with Crippen LogP contribution in [0.15, 0.2) is 66.7 Å². The van der Waals surface area contributed by atoms with Crippen molar-refractivity contribution in [1.82, 2.24) is 14.9 Å². The number of carbonyl (C=O) groups excluding carboxylic acids is 1. The molecule has 40 heavy (non-hydrogen) atoms. The molecule has 1 aromatic heterocycles. The van der Waals surface area contributed by atoms with Gasteiger partial charge in [-0.1, -0.05) is 35.9 Å². The molecule has 9 heteroatoms. The number of carboxylic acid groups (broad SMARTS) is 1. The van der Waals surface area contributed by atoms with Crippen molar-refractivity contribution in [3.05, 3.63) is 88.6 Å². The number of unbranched alkanes of at least 4 members (excludes halogenated alkanes) is 1. The number of nitriles is 1. The van der Waals surface area contributed by atoms with Crippen molar-refractivity contribution in [2.24, 2.45) is 0 Å². The van der Waals surface area contributed by atoms with E-state index in [0.717, 1.165) is 22.6 Å². The number of anilines is 1. The van der Waals surface area contributed by atoms with Crippen molar-refractivity contribution in [3.8, 4) is 17.3 Å². The Hall–Kier alpha value is -4.48. The fourth-order valence-corrected chi connectivity index (χ4v) is 5.11. The zero-order valence-electron chi connectivity index (χ0n) is 21.9. The van der Waals surface area contributed by atoms with Crippen LogP contribution in [0.5, 0.6) is 0 Å². The van der Waals surface area contributed by atoms with E-state index in [0.29, 0.717) is 72.6 Å². The van der Waals surface area contributed by atoms with Crippen LogP contribution in [0.25, 0.3) is 22.3 Å². The van der Waals surface area contributed by atoms with Gasteiger partial charge in [0, 0.05) is 48.7 Å². The van der Waals surface area contributed by atoms with Gasteiger partial charge in [-0.2, -0.15) is 5.26 Å². The van der Waals surface area contributed by atoms with Gasteiger partial charge in [0.1, 0.15) is 6.07 Å². The highest BCUT2D eigenvalue weighted by Gasteiger charge is 2.24. The van der Waals surface area contributed by atoms with Crippen LogP contribution in [-0.2, 0) is 11.2 Å². The minimum atomic E-state index is -0.819. The Balaban J connectivity index is 1.37. The Labute approximate surface area is 237 Å². The molecular weight excluding hydrogens is 526 g/mol. The van der Waals surface area contributed by atoms with E-state index in [1.807, 2.05) is 47.4 Å². The summed E-state index contributed by atoms with van der Waals surface area (Å²) < 4.78 is 0. The second kappa shape index (κ2) is 12.1. The molecule has 1 aliphatic rings. The van der Waals surface area contributed by atoms with Gasteiger partial charge in [0.15, 0.2) is 0 Å². The first-order valence-electron chi connectivity index (χ1n) is 13.2. The number of nitrogens with zero attached hydrogens (tertiary/aromatic N) is 5. The molecular formula is C31H28ClN5O3. The smallest absolute Gasteiger partial charge is 0.303 e. The second-order valence-corrected chi connectivity index (χ2v) is 10.2. The summed E-state index contributed by atoms with van der Waals surface area (Å²) in [5.74, 6) is -0.887. The first-order chi connectivity index (χ1) is 19.4. The lowest BCUT2D eigenvalue weighted by Gasteiger charge is -2.36. The zero-order valence-corrected chi connectivity index (χ0v) is 22.6. The molecule has 1 amide bonds. The molecule has 1 saturated heterocycles. The van der Waals surface area contributed by atoms with E-state index in [9.17, 15) is 14.9 Å². The standard InChI is InChI=1S/C31H28ClN5O3/c32-24-12-9-21(10-13-24)30-26(6-2-4-8-29(38)39)34-27-19-22(11-14-25(27)35-30)31(40)37-17-15-36(16-18-37)28-7-3-1-5-23(28)20-33/h1,3,5,7,9-14,19H,2,4,6,8,15-18H2,(H,38,39). The maximum atomic E-state index is 13.4. The van der Waals surface area contributed by atoms with Gasteiger partial charge in [0.05, 0.1) is 33.7 Å². The Bertz CT molecular complexity index is 1590. The first-order valence-corrected chi connectivity index (χ1v) is 13.6. The van der Waals surface area contributed by atoms with Crippen molar-refractivity contribution in [1.29, 1.82) is 5.26 Å². The number of aliphatic carboxylic acids is 1. The maximum absolute atomic E-state index is 13.4. The predicted molar refractivity (Wildman–Crippen MR) is 154 cm³/mol. The Morgan fingerprint density at radius 3 is 2.40 bits per heavy atom. The van der Waals surface area contributed by atoms with Gasteiger partial charge >= 0.3 is 5.97 Å². The van der Waals surface area contributed by atoms with Gasteiger partial charge in [-0.25, -0.2) is 9.97 Å². The number of benzene rings is 3. The van der Waals surface area contributed by atoms with Crippen molar-refractivity contribution < 1.29 is 14.7 Å². The average Bonchev–Trinajstić information content (AvgIpc) is 2.98. The number of rotatable bonds is 8. The third-order valence-corrected chi connectivity index (χ3v) is 7.34. The molecule has 0 spiro atoms. The van der Waals surface area contributed by atoms with E-state index in [2.05, 4.69) is 11.0 Å². The lowest BCUT2D eigenvalue weighted by molar-refractivity contribution is -0.137. The molecule has 0 bridgehead atoms. The zero-order chi connectivity index (χ0) is 28.1. The molecule has 5 rings (SSSR count). The van der Waals surface area contributed by atoms with Crippen LogP contribution in [0.3, 0.4) is 0 Å². The fraction of sp³-hybridized carbons (Fsp3) is 0.258. The first kappa shape index (κ1) is 27.1. The summed E-state index contributed by atoms with van der Waals surface area (Å²) in [6.07, 6.45) is 1.87. The quantitative estimate of drug-likeness (QED) is 0.283. The predicted octanol–water partition coefficient (Wildman–Crippen LogP) is 5.58. The molecule has 2 heterocycles. The van der Waals surface area contributed by atoms with Crippen LogP contribution in [0, 0.1) is 11.3 Å². The molecule has 3 aromatic carbocycles. The van der Waals surface area contributed by atoms with E-state index < -0.39 is 5.97 Å². The van der Waals surface area contributed by atoms with Crippen LogP contribution in [0.1, 0.15) is 40.9 Å². The van der Waals surface area contributed by atoms with Crippen LogP contribution in [0.2, 0.25) is 5.02 Å². The molecule has 8 nitrogen and oxygen atoms in total. The number of para-hydroxylation sites is 1. The fourth-order valence-electron chi connectivity index (χ4n) is 4.98. The summed E-state index contributed by atoms with van der Waals surface area (Å²) in [7, 11) is 0. The summed E-state index contributed by atoms with van der Waals surface area (Å²) in [6.45, 7) is 2.38. The molecule has 202 valence electrons. The van der Waals surface area contributed by atoms with Gasteiger partial charge in [0.2, 0.25) is 0 Å². The monoisotopic (exact) mass is 553 g/mol. The van der Waals surface area contributed by atoms with Gasteiger partial charge in [-0.15, -0.1) is 0 Å². The van der Waals surface area contributed by atoms with Gasteiger partial charge < -0.3 is 14.9 Å². The summed E-state index contributed by atoms with van der Waals surface area (Å²) in [6, 6.07) is 22.6. The normalized spacial score (nSPS) is 13.3. The number of aryl methyl sites for hydroxylation is 1. The van der Waals surface area contributed by atoms with Crippen LogP contribution in [-0.4, -0.2) is 58.0 Å².